The summed E-state index contributed by atoms with van der Waals surface area (Å²) in [6.45, 7) is 0. The van der Waals surface area contributed by atoms with E-state index in [0.29, 0.717) is 17.5 Å². The van der Waals surface area contributed by atoms with Gasteiger partial charge in [0, 0.05) is 50.1 Å². The fourth-order valence-electron chi connectivity index (χ4n) is 7.76. The van der Waals surface area contributed by atoms with Crippen LogP contribution in [0.2, 0.25) is 0 Å². The first-order valence-corrected chi connectivity index (χ1v) is 18.0. The zero-order valence-electron chi connectivity index (χ0n) is 28.9. The molecule has 11 rings (SSSR count). The third kappa shape index (κ3) is 4.89. The van der Waals surface area contributed by atoms with Crippen LogP contribution >= 0.6 is 0 Å². The molecule has 0 spiro atoms. The van der Waals surface area contributed by atoms with Gasteiger partial charge < -0.3 is 8.98 Å². The SMILES string of the molecule is c1ccc2cc(-c3ccc(-c4nc(-c5ccc(-n6c7ccccc7c7ccccc76)cc5)nc(-c5cccc6oc7cnccc7c56)n4)cc3)ccc2c1. The Morgan fingerprint density at radius 3 is 1.78 bits per heavy atom. The summed E-state index contributed by atoms with van der Waals surface area (Å²) in [5.74, 6) is 1.76. The zero-order valence-corrected chi connectivity index (χ0v) is 28.9. The van der Waals surface area contributed by atoms with Crippen LogP contribution in [0, 0.1) is 0 Å². The molecule has 0 bridgehead atoms. The Balaban J connectivity index is 1.05. The highest BCUT2D eigenvalue weighted by Gasteiger charge is 2.19. The first-order chi connectivity index (χ1) is 26.7. The molecule has 252 valence electrons. The Morgan fingerprint density at radius 2 is 1.04 bits per heavy atom. The molecule has 7 aromatic carbocycles. The van der Waals surface area contributed by atoms with Crippen molar-refractivity contribution in [3.63, 3.8) is 0 Å². The summed E-state index contributed by atoms with van der Waals surface area (Å²) in [6, 6.07) is 57.1. The lowest BCUT2D eigenvalue weighted by atomic mass is 10.00. The van der Waals surface area contributed by atoms with Gasteiger partial charge in [-0.15, -0.1) is 0 Å². The summed E-state index contributed by atoms with van der Waals surface area (Å²) >= 11 is 0. The third-order valence-electron chi connectivity index (χ3n) is 10.4. The van der Waals surface area contributed by atoms with Crippen LogP contribution in [0.1, 0.15) is 0 Å². The highest BCUT2D eigenvalue weighted by atomic mass is 16.3. The summed E-state index contributed by atoms with van der Waals surface area (Å²) in [4.78, 5) is 19.6. The quantitative estimate of drug-likeness (QED) is 0.180. The second-order valence-corrected chi connectivity index (χ2v) is 13.5. The number of para-hydroxylation sites is 2. The fourth-order valence-corrected chi connectivity index (χ4v) is 7.76. The smallest absolute Gasteiger partial charge is 0.164 e. The van der Waals surface area contributed by atoms with Gasteiger partial charge in [0.05, 0.1) is 17.2 Å². The molecule has 6 heteroatoms. The average Bonchev–Trinajstić information content (AvgIpc) is 3.80. The summed E-state index contributed by atoms with van der Waals surface area (Å²) in [6.07, 6.45) is 3.54. The normalized spacial score (nSPS) is 11.7. The van der Waals surface area contributed by atoms with Gasteiger partial charge >= 0.3 is 0 Å². The lowest BCUT2D eigenvalue weighted by Crippen LogP contribution is -2.01. The van der Waals surface area contributed by atoms with E-state index in [9.17, 15) is 0 Å². The number of nitrogens with zero attached hydrogens (tertiary/aromatic N) is 5. The number of hydrogen-bond acceptors (Lipinski definition) is 5. The van der Waals surface area contributed by atoms with Gasteiger partial charge in [-0.3, -0.25) is 4.98 Å². The van der Waals surface area contributed by atoms with Gasteiger partial charge in [0.1, 0.15) is 5.58 Å². The van der Waals surface area contributed by atoms with Gasteiger partial charge in [0.25, 0.3) is 0 Å². The van der Waals surface area contributed by atoms with Crippen molar-refractivity contribution in [3.8, 4) is 51.0 Å². The molecule has 11 aromatic rings. The molecule has 0 aliphatic rings. The molecule has 4 heterocycles. The van der Waals surface area contributed by atoms with Crippen molar-refractivity contribution in [1.29, 1.82) is 0 Å². The first-order valence-electron chi connectivity index (χ1n) is 18.0. The van der Waals surface area contributed by atoms with E-state index in [-0.39, 0.29) is 0 Å². The minimum atomic E-state index is 0.574. The number of fused-ring (bicyclic) bond motifs is 7. The zero-order chi connectivity index (χ0) is 35.6. The Bertz CT molecular complexity index is 3160. The third-order valence-corrected chi connectivity index (χ3v) is 10.4. The summed E-state index contributed by atoms with van der Waals surface area (Å²) in [5, 5.41) is 6.81. The molecule has 0 saturated carbocycles. The lowest BCUT2D eigenvalue weighted by Gasteiger charge is -2.11. The Hall–Kier alpha value is -7.44. The van der Waals surface area contributed by atoms with Crippen LogP contribution in [0.4, 0.5) is 0 Å². The maximum absolute atomic E-state index is 6.20. The summed E-state index contributed by atoms with van der Waals surface area (Å²) in [7, 11) is 0. The molecule has 0 amide bonds. The van der Waals surface area contributed by atoms with Crippen molar-refractivity contribution in [2.75, 3.05) is 0 Å². The predicted octanol–water partition coefficient (Wildman–Crippen LogP) is 12.1. The largest absolute Gasteiger partial charge is 0.454 e. The van der Waals surface area contributed by atoms with E-state index < -0.39 is 0 Å². The second kappa shape index (κ2) is 12.1. The molecule has 0 aliphatic heterocycles. The Morgan fingerprint density at radius 1 is 0.426 bits per heavy atom. The van der Waals surface area contributed by atoms with E-state index in [2.05, 4.69) is 155 Å². The number of rotatable bonds is 5. The predicted molar refractivity (Wildman–Crippen MR) is 218 cm³/mol. The molecule has 0 N–H and O–H groups in total. The molecule has 0 saturated heterocycles. The molecule has 4 aromatic heterocycles. The molecule has 0 unspecified atom stereocenters. The van der Waals surface area contributed by atoms with Crippen molar-refractivity contribution < 1.29 is 4.42 Å². The van der Waals surface area contributed by atoms with Crippen LogP contribution in [-0.4, -0.2) is 24.5 Å². The summed E-state index contributed by atoms with van der Waals surface area (Å²) < 4.78 is 8.51. The van der Waals surface area contributed by atoms with Gasteiger partial charge in [0.15, 0.2) is 23.1 Å². The van der Waals surface area contributed by atoms with Gasteiger partial charge in [-0.05, 0) is 76.5 Å². The van der Waals surface area contributed by atoms with Crippen molar-refractivity contribution >= 4 is 54.5 Å². The monoisotopic (exact) mass is 691 g/mol. The standard InChI is InChI=1S/C48H29N5O/c1-2-9-34-28-35(21-18-30(34)8-1)31-16-19-32(20-17-31)46-50-47(52-48(51-46)40-12-7-15-43-45(40)39-26-27-49-29-44(39)54-43)33-22-24-36(25-23-33)53-41-13-5-3-10-37(41)38-11-4-6-14-42(38)53/h1-29H. The topological polar surface area (TPSA) is 69.6 Å². The van der Waals surface area contributed by atoms with Crippen LogP contribution in [0.5, 0.6) is 0 Å². The van der Waals surface area contributed by atoms with Crippen molar-refractivity contribution in [3.05, 3.63) is 176 Å². The minimum Gasteiger partial charge on any atom is -0.454 e. The van der Waals surface area contributed by atoms with Crippen LogP contribution in [0.15, 0.2) is 181 Å². The van der Waals surface area contributed by atoms with E-state index in [1.807, 2.05) is 18.2 Å². The molecule has 0 atom stereocenters. The maximum atomic E-state index is 6.20. The van der Waals surface area contributed by atoms with E-state index in [1.165, 1.54) is 32.6 Å². The van der Waals surface area contributed by atoms with Gasteiger partial charge in [-0.2, -0.15) is 0 Å². The summed E-state index contributed by atoms with van der Waals surface area (Å²) in [5.41, 5.74) is 9.84. The van der Waals surface area contributed by atoms with Crippen LogP contribution in [0.25, 0.3) is 105 Å². The highest BCUT2D eigenvalue weighted by molar-refractivity contribution is 6.12. The van der Waals surface area contributed by atoms with E-state index in [0.717, 1.165) is 55.4 Å². The molecular formula is C48H29N5O. The molecule has 0 aliphatic carbocycles. The maximum Gasteiger partial charge on any atom is 0.164 e. The number of furan rings is 1. The Labute approximate surface area is 309 Å². The van der Waals surface area contributed by atoms with Crippen LogP contribution in [-0.2, 0) is 0 Å². The molecular weight excluding hydrogens is 663 g/mol. The highest BCUT2D eigenvalue weighted by Crippen LogP contribution is 2.37. The van der Waals surface area contributed by atoms with E-state index >= 15 is 0 Å². The van der Waals surface area contributed by atoms with Crippen LogP contribution in [0.3, 0.4) is 0 Å². The van der Waals surface area contributed by atoms with Gasteiger partial charge in [-0.25, -0.2) is 15.0 Å². The minimum absolute atomic E-state index is 0.574. The Kier molecular flexibility index (Phi) is 6.75. The lowest BCUT2D eigenvalue weighted by molar-refractivity contribution is 0.667. The van der Waals surface area contributed by atoms with E-state index in [4.69, 9.17) is 19.4 Å². The molecule has 6 nitrogen and oxygen atoms in total. The second-order valence-electron chi connectivity index (χ2n) is 13.5. The van der Waals surface area contributed by atoms with Crippen molar-refractivity contribution in [2.45, 2.75) is 0 Å². The van der Waals surface area contributed by atoms with Crippen molar-refractivity contribution in [2.24, 2.45) is 0 Å². The first kappa shape index (κ1) is 30.2. The van der Waals surface area contributed by atoms with Crippen LogP contribution < -0.4 is 0 Å². The fraction of sp³-hybridized carbons (Fsp3) is 0. The molecule has 0 radical (unpaired) electrons. The van der Waals surface area contributed by atoms with Gasteiger partial charge in [-0.1, -0.05) is 109 Å². The molecule has 0 fully saturated rings. The average molecular weight is 692 g/mol. The molecule has 54 heavy (non-hydrogen) atoms. The number of aromatic nitrogens is 5. The van der Waals surface area contributed by atoms with Crippen molar-refractivity contribution in [1.82, 2.24) is 24.5 Å². The number of pyridine rings is 1. The van der Waals surface area contributed by atoms with E-state index in [1.54, 1.807) is 12.4 Å². The number of hydrogen-bond donors (Lipinski definition) is 0. The van der Waals surface area contributed by atoms with Gasteiger partial charge in [0.2, 0.25) is 0 Å². The number of benzene rings is 7.